The molecule has 2 rings (SSSR count). The first-order valence-corrected chi connectivity index (χ1v) is 3.83. The van der Waals surface area contributed by atoms with Gasteiger partial charge in [0.2, 0.25) is 5.28 Å². The smallest absolute Gasteiger partial charge is 0.201 e. The summed E-state index contributed by atoms with van der Waals surface area (Å²) in [6, 6.07) is 5.50. The lowest BCUT2D eigenvalue weighted by atomic mass is 10.3. The average Bonchev–Trinajstić information content (AvgIpc) is 2.31. The number of nitrogens with zero attached hydrogens (tertiary/aromatic N) is 1. The van der Waals surface area contributed by atoms with Crippen LogP contribution in [0.1, 0.15) is 0 Å². The molecule has 4 heteroatoms. The molecule has 11 heavy (non-hydrogen) atoms. The van der Waals surface area contributed by atoms with Crippen molar-refractivity contribution >= 4 is 34.2 Å². The summed E-state index contributed by atoms with van der Waals surface area (Å²) in [7, 11) is 0. The molecule has 56 valence electrons. The van der Waals surface area contributed by atoms with E-state index in [-0.39, 0.29) is 0 Å². The number of H-pyrrole nitrogens is 1. The van der Waals surface area contributed by atoms with Gasteiger partial charge in [-0.05, 0) is 23.7 Å². The van der Waals surface area contributed by atoms with Crippen LogP contribution in [0.3, 0.4) is 0 Å². The van der Waals surface area contributed by atoms with Crippen molar-refractivity contribution in [2.45, 2.75) is 0 Å². The van der Waals surface area contributed by atoms with Gasteiger partial charge in [-0.2, -0.15) is 0 Å². The quantitative estimate of drug-likeness (QED) is 0.674. The highest BCUT2D eigenvalue weighted by molar-refractivity contribution is 6.35. The van der Waals surface area contributed by atoms with Crippen molar-refractivity contribution in [2.24, 2.45) is 0 Å². The standard InChI is InChI=1S/C7H4Cl2N2/c8-4-2-1-3-5-6(4)11-7(9)10-5/h1-3H,(H,10,11). The van der Waals surface area contributed by atoms with E-state index >= 15 is 0 Å². The van der Waals surface area contributed by atoms with Crippen molar-refractivity contribution in [2.75, 3.05) is 0 Å². The van der Waals surface area contributed by atoms with Crippen LogP contribution in [-0.2, 0) is 0 Å². The van der Waals surface area contributed by atoms with E-state index in [4.69, 9.17) is 23.2 Å². The van der Waals surface area contributed by atoms with Crippen LogP contribution in [0.15, 0.2) is 18.2 Å². The number of fused-ring (bicyclic) bond motifs is 1. The summed E-state index contributed by atoms with van der Waals surface area (Å²) in [6.07, 6.45) is 0. The molecule has 0 unspecified atom stereocenters. The van der Waals surface area contributed by atoms with Crippen LogP contribution in [0.5, 0.6) is 0 Å². The Kier molecular flexibility index (Phi) is 1.51. The minimum Gasteiger partial charge on any atom is -0.329 e. The molecule has 1 aromatic heterocycles. The number of benzene rings is 1. The van der Waals surface area contributed by atoms with Gasteiger partial charge in [0, 0.05) is 0 Å². The zero-order valence-corrected chi connectivity index (χ0v) is 6.95. The predicted octanol–water partition coefficient (Wildman–Crippen LogP) is 2.87. The van der Waals surface area contributed by atoms with Crippen molar-refractivity contribution in [1.82, 2.24) is 9.97 Å². The maximum atomic E-state index is 5.83. The van der Waals surface area contributed by atoms with Crippen molar-refractivity contribution < 1.29 is 0 Å². The highest BCUT2D eigenvalue weighted by Crippen LogP contribution is 2.21. The predicted molar refractivity (Wildman–Crippen MR) is 46.1 cm³/mol. The number of hydrogen-bond donors (Lipinski definition) is 1. The van der Waals surface area contributed by atoms with Crippen LogP contribution < -0.4 is 0 Å². The minimum absolute atomic E-state index is 0.369. The second-order valence-electron chi connectivity index (χ2n) is 2.16. The molecule has 0 saturated heterocycles. The zero-order chi connectivity index (χ0) is 7.84. The fraction of sp³-hybridized carbons (Fsp3) is 0. The molecule has 0 amide bonds. The highest BCUT2D eigenvalue weighted by Gasteiger charge is 2.02. The van der Waals surface area contributed by atoms with Gasteiger partial charge >= 0.3 is 0 Å². The number of aromatic nitrogens is 2. The third-order valence-corrected chi connectivity index (χ3v) is 1.92. The normalized spacial score (nSPS) is 10.7. The molecule has 0 atom stereocenters. The number of halogens is 2. The number of imidazole rings is 1. The summed E-state index contributed by atoms with van der Waals surface area (Å²) < 4.78 is 0. The minimum atomic E-state index is 0.369. The van der Waals surface area contributed by atoms with Gasteiger partial charge in [0.25, 0.3) is 0 Å². The lowest BCUT2D eigenvalue weighted by Gasteiger charge is -1.87. The second kappa shape index (κ2) is 2.40. The molecular weight excluding hydrogens is 183 g/mol. The van der Waals surface area contributed by atoms with Crippen molar-refractivity contribution in [3.05, 3.63) is 28.5 Å². The lowest BCUT2D eigenvalue weighted by Crippen LogP contribution is -1.68. The van der Waals surface area contributed by atoms with E-state index in [1.807, 2.05) is 12.1 Å². The molecule has 0 saturated carbocycles. The molecule has 0 fully saturated rings. The van der Waals surface area contributed by atoms with E-state index < -0.39 is 0 Å². The maximum Gasteiger partial charge on any atom is 0.201 e. The van der Waals surface area contributed by atoms with Gasteiger partial charge < -0.3 is 4.98 Å². The average molecular weight is 187 g/mol. The largest absolute Gasteiger partial charge is 0.329 e. The van der Waals surface area contributed by atoms with Crippen molar-refractivity contribution in [1.29, 1.82) is 0 Å². The molecule has 2 nitrogen and oxygen atoms in total. The topological polar surface area (TPSA) is 28.7 Å². The number of rotatable bonds is 0. The third kappa shape index (κ3) is 1.08. The van der Waals surface area contributed by atoms with E-state index in [0.29, 0.717) is 10.3 Å². The Labute approximate surface area is 73.1 Å². The van der Waals surface area contributed by atoms with Gasteiger partial charge in [-0.1, -0.05) is 17.7 Å². The molecule has 0 aliphatic rings. The Morgan fingerprint density at radius 3 is 2.82 bits per heavy atom. The Bertz CT molecular complexity index is 394. The third-order valence-electron chi connectivity index (χ3n) is 1.43. The summed E-state index contributed by atoms with van der Waals surface area (Å²) in [5, 5.41) is 0.985. The Morgan fingerprint density at radius 1 is 1.27 bits per heavy atom. The van der Waals surface area contributed by atoms with Crippen LogP contribution in [0.4, 0.5) is 0 Å². The number of hydrogen-bond acceptors (Lipinski definition) is 1. The van der Waals surface area contributed by atoms with Crippen molar-refractivity contribution in [3.63, 3.8) is 0 Å². The molecule has 0 aliphatic heterocycles. The first-order valence-electron chi connectivity index (χ1n) is 3.07. The number of nitrogens with one attached hydrogen (secondary N) is 1. The van der Waals surface area contributed by atoms with E-state index in [1.165, 1.54) is 0 Å². The maximum absolute atomic E-state index is 5.83. The molecule has 0 spiro atoms. The van der Waals surface area contributed by atoms with Crippen LogP contribution in [0.2, 0.25) is 10.3 Å². The molecule has 1 heterocycles. The zero-order valence-electron chi connectivity index (χ0n) is 5.44. The van der Waals surface area contributed by atoms with Crippen LogP contribution in [-0.4, -0.2) is 9.97 Å². The summed E-state index contributed by atoms with van der Waals surface area (Å²) >= 11 is 11.5. The van der Waals surface area contributed by atoms with Crippen molar-refractivity contribution in [3.8, 4) is 0 Å². The van der Waals surface area contributed by atoms with Gasteiger partial charge in [-0.25, -0.2) is 4.98 Å². The summed E-state index contributed by atoms with van der Waals surface area (Å²) in [5.74, 6) is 0. The van der Waals surface area contributed by atoms with E-state index in [1.54, 1.807) is 6.07 Å². The summed E-state index contributed by atoms with van der Waals surface area (Å²) in [6.45, 7) is 0. The molecule has 0 aliphatic carbocycles. The van der Waals surface area contributed by atoms with Crippen LogP contribution in [0.25, 0.3) is 11.0 Å². The van der Waals surface area contributed by atoms with Gasteiger partial charge in [0.15, 0.2) is 0 Å². The monoisotopic (exact) mass is 186 g/mol. The lowest BCUT2D eigenvalue weighted by molar-refractivity contribution is 1.34. The summed E-state index contributed by atoms with van der Waals surface area (Å²) in [5.41, 5.74) is 1.58. The SMILES string of the molecule is Clc1nc2c(Cl)cccc2[nH]1. The molecule has 0 bridgehead atoms. The van der Waals surface area contributed by atoms with Crippen LogP contribution in [0, 0.1) is 0 Å². The molecule has 0 radical (unpaired) electrons. The molecule has 1 aromatic carbocycles. The molecule has 2 aromatic rings. The highest BCUT2D eigenvalue weighted by atomic mass is 35.5. The Balaban J connectivity index is 2.90. The first-order chi connectivity index (χ1) is 5.27. The first kappa shape index (κ1) is 6.95. The fourth-order valence-electron chi connectivity index (χ4n) is 0.967. The fourth-order valence-corrected chi connectivity index (χ4v) is 1.37. The number of para-hydroxylation sites is 1. The Morgan fingerprint density at radius 2 is 2.09 bits per heavy atom. The molecule has 1 N–H and O–H groups in total. The van der Waals surface area contributed by atoms with Gasteiger partial charge in [0.05, 0.1) is 10.5 Å². The second-order valence-corrected chi connectivity index (χ2v) is 2.93. The Hall–Kier alpha value is -0.730. The van der Waals surface area contributed by atoms with Gasteiger partial charge in [-0.15, -0.1) is 0 Å². The van der Waals surface area contributed by atoms with Crippen LogP contribution >= 0.6 is 23.2 Å². The van der Waals surface area contributed by atoms with Gasteiger partial charge in [-0.3, -0.25) is 0 Å². The van der Waals surface area contributed by atoms with E-state index in [2.05, 4.69) is 9.97 Å². The number of aromatic amines is 1. The van der Waals surface area contributed by atoms with Gasteiger partial charge in [0.1, 0.15) is 5.52 Å². The molecular formula is C7H4Cl2N2. The van der Waals surface area contributed by atoms with E-state index in [0.717, 1.165) is 11.0 Å². The van der Waals surface area contributed by atoms with E-state index in [9.17, 15) is 0 Å². The summed E-state index contributed by atoms with van der Waals surface area (Å²) in [4.78, 5) is 6.86.